The van der Waals surface area contributed by atoms with Gasteiger partial charge in [0, 0.05) is 19.2 Å². The number of ether oxygens (including phenoxy) is 1. The molecule has 0 radical (unpaired) electrons. The highest BCUT2D eigenvalue weighted by Crippen LogP contribution is 2.17. The molecule has 4 heteroatoms. The van der Waals surface area contributed by atoms with Crippen LogP contribution >= 0.6 is 0 Å². The molecule has 1 aliphatic rings. The second-order valence-corrected chi connectivity index (χ2v) is 4.94. The molecular weight excluding hydrogens is 254 g/mol. The molecule has 1 aromatic carbocycles. The maximum Gasteiger partial charge on any atom is 0.255 e. The lowest BCUT2D eigenvalue weighted by molar-refractivity contribution is 0.0711. The lowest BCUT2D eigenvalue weighted by Crippen LogP contribution is -2.37. The fourth-order valence-corrected chi connectivity index (χ4v) is 2.26. The molecule has 20 heavy (non-hydrogen) atoms. The fourth-order valence-electron chi connectivity index (χ4n) is 2.26. The van der Waals surface area contributed by atoms with Crippen molar-refractivity contribution in [2.45, 2.75) is 19.4 Å². The van der Waals surface area contributed by atoms with Crippen molar-refractivity contribution in [3.63, 3.8) is 0 Å². The molecule has 1 unspecified atom stereocenters. The first-order valence-electron chi connectivity index (χ1n) is 6.68. The van der Waals surface area contributed by atoms with Crippen LogP contribution in [0.15, 0.2) is 18.2 Å². The van der Waals surface area contributed by atoms with Crippen molar-refractivity contribution < 1.29 is 14.6 Å². The first-order chi connectivity index (χ1) is 9.63. The van der Waals surface area contributed by atoms with E-state index in [1.165, 1.54) is 0 Å². The Balaban J connectivity index is 2.29. The third-order valence-corrected chi connectivity index (χ3v) is 3.48. The van der Waals surface area contributed by atoms with E-state index in [1.807, 2.05) is 25.1 Å². The van der Waals surface area contributed by atoms with Gasteiger partial charge in [0.2, 0.25) is 0 Å². The normalized spacial score (nSPS) is 17.4. The number of likely N-dealkylation sites (N-methyl/N-ethyl adjacent to an activating group) is 1. The summed E-state index contributed by atoms with van der Waals surface area (Å²) in [4.78, 5) is 14.3. The third-order valence-electron chi connectivity index (χ3n) is 3.48. The van der Waals surface area contributed by atoms with Gasteiger partial charge < -0.3 is 14.7 Å². The van der Waals surface area contributed by atoms with Crippen LogP contribution < -0.4 is 0 Å². The van der Waals surface area contributed by atoms with Crippen LogP contribution in [0.2, 0.25) is 0 Å². The molecule has 1 amide bonds. The Morgan fingerprint density at radius 1 is 1.55 bits per heavy atom. The van der Waals surface area contributed by atoms with Gasteiger partial charge in [-0.2, -0.15) is 0 Å². The number of rotatable bonds is 2. The molecule has 0 aromatic heterocycles. The predicted octanol–water partition coefficient (Wildman–Crippen LogP) is 1.20. The van der Waals surface area contributed by atoms with E-state index in [9.17, 15) is 4.79 Å². The highest BCUT2D eigenvalue weighted by Gasteiger charge is 2.26. The molecule has 1 aromatic rings. The second-order valence-electron chi connectivity index (χ2n) is 4.94. The molecular formula is C16H19NO3. The number of benzene rings is 1. The summed E-state index contributed by atoms with van der Waals surface area (Å²) in [6, 6.07) is 5.71. The van der Waals surface area contributed by atoms with Gasteiger partial charge in [0.05, 0.1) is 18.2 Å². The van der Waals surface area contributed by atoms with Crippen LogP contribution in [0.5, 0.6) is 0 Å². The zero-order valence-corrected chi connectivity index (χ0v) is 11.8. The van der Waals surface area contributed by atoms with Crippen molar-refractivity contribution >= 4 is 5.91 Å². The van der Waals surface area contributed by atoms with Gasteiger partial charge in [0.1, 0.15) is 6.61 Å². The van der Waals surface area contributed by atoms with Crippen molar-refractivity contribution in [1.29, 1.82) is 0 Å². The second kappa shape index (κ2) is 6.56. The van der Waals surface area contributed by atoms with E-state index < -0.39 is 0 Å². The minimum absolute atomic E-state index is 0.0496. The number of aliphatic hydroxyl groups is 1. The van der Waals surface area contributed by atoms with Crippen LogP contribution in [0.1, 0.15) is 27.9 Å². The minimum atomic E-state index is -0.214. The van der Waals surface area contributed by atoms with Gasteiger partial charge >= 0.3 is 0 Å². The maximum absolute atomic E-state index is 12.6. The van der Waals surface area contributed by atoms with Crippen molar-refractivity contribution in [2.75, 3.05) is 26.9 Å². The van der Waals surface area contributed by atoms with E-state index >= 15 is 0 Å². The lowest BCUT2D eigenvalue weighted by Gasteiger charge is -2.24. The van der Waals surface area contributed by atoms with Crippen LogP contribution in [-0.4, -0.2) is 48.8 Å². The Hall–Kier alpha value is -1.83. The summed E-state index contributed by atoms with van der Waals surface area (Å²) in [6.45, 7) is 3.02. The number of amides is 1. The fraction of sp³-hybridized carbons (Fsp3) is 0.438. The molecule has 0 spiro atoms. The predicted molar refractivity (Wildman–Crippen MR) is 76.5 cm³/mol. The molecule has 106 valence electrons. The van der Waals surface area contributed by atoms with E-state index in [-0.39, 0.29) is 18.6 Å². The molecule has 1 atom stereocenters. The molecule has 4 nitrogen and oxygen atoms in total. The Bertz CT molecular complexity index is 551. The molecule has 0 aliphatic carbocycles. The average Bonchev–Trinajstić information content (AvgIpc) is 2.98. The minimum Gasteiger partial charge on any atom is -0.384 e. The van der Waals surface area contributed by atoms with Gasteiger partial charge in [0.15, 0.2) is 0 Å². The summed E-state index contributed by atoms with van der Waals surface area (Å²) >= 11 is 0. The maximum atomic E-state index is 12.6. The molecule has 2 rings (SSSR count). The van der Waals surface area contributed by atoms with Gasteiger partial charge in [-0.25, -0.2) is 0 Å². The smallest absolute Gasteiger partial charge is 0.255 e. The third kappa shape index (κ3) is 3.19. The van der Waals surface area contributed by atoms with Gasteiger partial charge in [-0.15, -0.1) is 0 Å². The topological polar surface area (TPSA) is 49.8 Å². The number of carbonyl (C=O) groups excluding carboxylic acids is 1. The first-order valence-corrected chi connectivity index (χ1v) is 6.68. The van der Waals surface area contributed by atoms with E-state index in [4.69, 9.17) is 9.84 Å². The van der Waals surface area contributed by atoms with E-state index in [2.05, 4.69) is 11.8 Å². The van der Waals surface area contributed by atoms with E-state index in [0.717, 1.165) is 12.0 Å². The van der Waals surface area contributed by atoms with E-state index in [0.29, 0.717) is 24.3 Å². The Kier molecular flexibility index (Phi) is 4.78. The van der Waals surface area contributed by atoms with E-state index in [1.54, 1.807) is 11.9 Å². The summed E-state index contributed by atoms with van der Waals surface area (Å²) < 4.78 is 5.33. The number of aryl methyl sites for hydroxylation is 1. The zero-order valence-electron chi connectivity index (χ0n) is 11.8. The molecule has 1 heterocycles. The van der Waals surface area contributed by atoms with Crippen LogP contribution in [0.25, 0.3) is 0 Å². The van der Waals surface area contributed by atoms with Crippen molar-refractivity contribution in [3.05, 3.63) is 34.9 Å². The molecule has 0 bridgehead atoms. The Morgan fingerprint density at radius 2 is 2.35 bits per heavy atom. The number of carbonyl (C=O) groups is 1. The SMILES string of the molecule is Cc1ccc(C#CCO)c(C(=O)N(C)C2CCOC2)c1. The van der Waals surface area contributed by atoms with Gasteiger partial charge in [-0.1, -0.05) is 23.5 Å². The number of nitrogens with zero attached hydrogens (tertiary/aromatic N) is 1. The standard InChI is InChI=1S/C16H19NO3/c1-12-5-6-13(4-3-8-18)15(10-12)16(19)17(2)14-7-9-20-11-14/h5-6,10,14,18H,7-9,11H2,1-2H3. The summed E-state index contributed by atoms with van der Waals surface area (Å²) in [5.74, 6) is 5.39. The summed E-state index contributed by atoms with van der Waals surface area (Å²) in [5, 5.41) is 8.81. The van der Waals surface area contributed by atoms with Crippen LogP contribution in [0, 0.1) is 18.8 Å². The summed E-state index contributed by atoms with van der Waals surface area (Å²) in [6.07, 6.45) is 0.867. The summed E-state index contributed by atoms with van der Waals surface area (Å²) in [5.41, 5.74) is 2.25. The zero-order chi connectivity index (χ0) is 14.5. The van der Waals surface area contributed by atoms with Gasteiger partial charge in [-0.05, 0) is 25.5 Å². The molecule has 1 fully saturated rings. The average molecular weight is 273 g/mol. The quantitative estimate of drug-likeness (QED) is 0.824. The van der Waals surface area contributed by atoms with Gasteiger partial charge in [-0.3, -0.25) is 4.79 Å². The van der Waals surface area contributed by atoms with Crippen molar-refractivity contribution in [2.24, 2.45) is 0 Å². The highest BCUT2D eigenvalue weighted by atomic mass is 16.5. The Morgan fingerprint density at radius 3 is 3.00 bits per heavy atom. The highest BCUT2D eigenvalue weighted by molar-refractivity contribution is 5.97. The number of aliphatic hydroxyl groups excluding tert-OH is 1. The van der Waals surface area contributed by atoms with Crippen molar-refractivity contribution in [1.82, 2.24) is 4.90 Å². The summed E-state index contributed by atoms with van der Waals surface area (Å²) in [7, 11) is 1.80. The number of hydrogen-bond donors (Lipinski definition) is 1. The molecule has 0 saturated carbocycles. The lowest BCUT2D eigenvalue weighted by atomic mass is 10.0. The number of hydrogen-bond acceptors (Lipinski definition) is 3. The van der Waals surface area contributed by atoms with Crippen LogP contribution in [0.3, 0.4) is 0 Å². The monoisotopic (exact) mass is 273 g/mol. The molecule has 1 N–H and O–H groups in total. The first kappa shape index (κ1) is 14.6. The van der Waals surface area contributed by atoms with Gasteiger partial charge in [0.25, 0.3) is 5.91 Å². The van der Waals surface area contributed by atoms with Crippen LogP contribution in [0.4, 0.5) is 0 Å². The van der Waals surface area contributed by atoms with Crippen LogP contribution in [-0.2, 0) is 4.74 Å². The largest absolute Gasteiger partial charge is 0.384 e. The Labute approximate surface area is 119 Å². The molecule has 1 saturated heterocycles. The molecule has 1 aliphatic heterocycles. The van der Waals surface area contributed by atoms with Crippen molar-refractivity contribution in [3.8, 4) is 11.8 Å².